The highest BCUT2D eigenvalue weighted by atomic mass is 16.5. The van der Waals surface area contributed by atoms with Gasteiger partial charge in [-0.3, -0.25) is 14.4 Å². The highest BCUT2D eigenvalue weighted by Crippen LogP contribution is 2.35. The quantitative estimate of drug-likeness (QED) is 0.849. The van der Waals surface area contributed by atoms with E-state index in [0.29, 0.717) is 31.5 Å². The average Bonchev–Trinajstić information content (AvgIpc) is 3.25. The van der Waals surface area contributed by atoms with Crippen molar-refractivity contribution in [3.8, 4) is 0 Å². The van der Waals surface area contributed by atoms with Crippen LogP contribution in [0.1, 0.15) is 43.0 Å². The fourth-order valence-electron chi connectivity index (χ4n) is 4.25. The predicted molar refractivity (Wildman–Crippen MR) is 98.3 cm³/mol. The van der Waals surface area contributed by atoms with Gasteiger partial charge in [-0.1, -0.05) is 18.2 Å². The number of aliphatic carboxylic acids is 1. The van der Waals surface area contributed by atoms with Crippen molar-refractivity contribution >= 4 is 17.8 Å². The van der Waals surface area contributed by atoms with Crippen LogP contribution in [0.15, 0.2) is 30.3 Å². The van der Waals surface area contributed by atoms with Crippen LogP contribution < -0.4 is 0 Å². The molecule has 0 bridgehead atoms. The molecule has 0 saturated carbocycles. The van der Waals surface area contributed by atoms with Gasteiger partial charge in [0.15, 0.2) is 0 Å². The number of nitrogens with zero attached hydrogens (tertiary/aromatic N) is 2. The van der Waals surface area contributed by atoms with E-state index in [4.69, 9.17) is 4.74 Å². The SMILES string of the molecule is COC1CC(CC(=O)O)N(C(=O)C2(C)CCCN2C(=O)c2ccccc2)C1. The molecule has 7 nitrogen and oxygen atoms in total. The molecule has 27 heavy (non-hydrogen) atoms. The van der Waals surface area contributed by atoms with E-state index >= 15 is 0 Å². The average molecular weight is 374 g/mol. The number of rotatable bonds is 5. The lowest BCUT2D eigenvalue weighted by molar-refractivity contribution is -0.144. The minimum atomic E-state index is -0.966. The molecule has 1 N–H and O–H groups in total. The predicted octanol–water partition coefficient (Wildman–Crippen LogP) is 1.77. The number of carboxylic acids is 1. The number of methoxy groups -OCH3 is 1. The van der Waals surface area contributed by atoms with Crippen LogP contribution in [-0.4, -0.2) is 70.6 Å². The number of likely N-dealkylation sites (tertiary alicyclic amines) is 2. The Hall–Kier alpha value is -2.41. The zero-order valence-electron chi connectivity index (χ0n) is 15.8. The Balaban J connectivity index is 1.84. The third-order valence-electron chi connectivity index (χ3n) is 5.75. The lowest BCUT2D eigenvalue weighted by atomic mass is 9.95. The van der Waals surface area contributed by atoms with Gasteiger partial charge < -0.3 is 19.6 Å². The molecule has 2 saturated heterocycles. The molecular weight excluding hydrogens is 348 g/mol. The van der Waals surface area contributed by atoms with Crippen molar-refractivity contribution in [3.05, 3.63) is 35.9 Å². The summed E-state index contributed by atoms with van der Waals surface area (Å²) in [5, 5.41) is 9.21. The second kappa shape index (κ2) is 7.68. The van der Waals surface area contributed by atoms with Gasteiger partial charge in [-0.25, -0.2) is 0 Å². The van der Waals surface area contributed by atoms with Crippen LogP contribution in [0.3, 0.4) is 0 Å². The van der Waals surface area contributed by atoms with Crippen LogP contribution in [0.25, 0.3) is 0 Å². The van der Waals surface area contributed by atoms with E-state index in [1.165, 1.54) is 0 Å². The van der Waals surface area contributed by atoms with E-state index < -0.39 is 17.6 Å². The second-order valence-corrected chi connectivity index (χ2v) is 7.50. The Bertz CT molecular complexity index is 722. The van der Waals surface area contributed by atoms with Crippen LogP contribution in [0.2, 0.25) is 0 Å². The van der Waals surface area contributed by atoms with Crippen molar-refractivity contribution in [3.63, 3.8) is 0 Å². The Labute approximate surface area is 158 Å². The monoisotopic (exact) mass is 374 g/mol. The maximum atomic E-state index is 13.5. The minimum absolute atomic E-state index is 0.117. The molecule has 2 aliphatic heterocycles. The van der Waals surface area contributed by atoms with Crippen LogP contribution in [0.5, 0.6) is 0 Å². The number of ether oxygens (including phenoxy) is 1. The summed E-state index contributed by atoms with van der Waals surface area (Å²) < 4.78 is 5.38. The fourth-order valence-corrected chi connectivity index (χ4v) is 4.25. The highest BCUT2D eigenvalue weighted by Gasteiger charge is 2.50. The van der Waals surface area contributed by atoms with E-state index in [9.17, 15) is 19.5 Å². The summed E-state index contributed by atoms with van der Waals surface area (Å²) >= 11 is 0. The number of hydrogen-bond acceptors (Lipinski definition) is 4. The minimum Gasteiger partial charge on any atom is -0.481 e. The van der Waals surface area contributed by atoms with Crippen molar-refractivity contribution in [1.29, 1.82) is 0 Å². The molecule has 0 spiro atoms. The van der Waals surface area contributed by atoms with Crippen molar-refractivity contribution in [2.75, 3.05) is 20.2 Å². The van der Waals surface area contributed by atoms with Gasteiger partial charge in [-0.15, -0.1) is 0 Å². The van der Waals surface area contributed by atoms with E-state index in [0.717, 1.165) is 6.42 Å². The van der Waals surface area contributed by atoms with Gasteiger partial charge in [0.05, 0.1) is 12.5 Å². The van der Waals surface area contributed by atoms with Gasteiger partial charge in [0.1, 0.15) is 5.54 Å². The molecule has 2 heterocycles. The van der Waals surface area contributed by atoms with Crippen LogP contribution >= 0.6 is 0 Å². The smallest absolute Gasteiger partial charge is 0.305 e. The van der Waals surface area contributed by atoms with E-state index in [1.807, 2.05) is 6.07 Å². The largest absolute Gasteiger partial charge is 0.481 e. The molecule has 3 unspecified atom stereocenters. The molecule has 3 rings (SSSR count). The number of carbonyl (C=O) groups excluding carboxylic acids is 2. The number of carbonyl (C=O) groups is 3. The summed E-state index contributed by atoms with van der Waals surface area (Å²) in [6.45, 7) is 2.67. The first kappa shape index (κ1) is 19.4. The standard InChI is InChI=1S/C20H26N2O5/c1-20(9-6-10-22(20)18(25)14-7-4-3-5-8-14)19(26)21-13-16(27-2)11-15(21)12-17(23)24/h3-5,7-8,15-16H,6,9-13H2,1-2H3,(H,23,24). The summed E-state index contributed by atoms with van der Waals surface area (Å²) in [5.41, 5.74) is -0.413. The molecule has 0 aromatic heterocycles. The van der Waals surface area contributed by atoms with Crippen LogP contribution in [0, 0.1) is 0 Å². The molecule has 7 heteroatoms. The maximum absolute atomic E-state index is 13.5. The zero-order chi connectivity index (χ0) is 19.6. The third kappa shape index (κ3) is 3.69. The van der Waals surface area contributed by atoms with Crippen molar-refractivity contribution in [2.45, 2.75) is 50.3 Å². The number of amides is 2. The molecule has 3 atom stereocenters. The molecule has 2 fully saturated rings. The first-order chi connectivity index (χ1) is 12.9. The number of carboxylic acid groups (broad SMARTS) is 1. The van der Waals surface area contributed by atoms with Crippen molar-refractivity contribution in [2.24, 2.45) is 0 Å². The molecule has 0 radical (unpaired) electrons. The summed E-state index contributed by atoms with van der Waals surface area (Å²) in [6.07, 6.45) is 1.51. The Kier molecular flexibility index (Phi) is 5.51. The van der Waals surface area contributed by atoms with Gasteiger partial charge in [0, 0.05) is 31.8 Å². The second-order valence-electron chi connectivity index (χ2n) is 7.50. The molecule has 0 aliphatic carbocycles. The first-order valence-electron chi connectivity index (χ1n) is 9.29. The number of benzene rings is 1. The molecule has 1 aromatic rings. The fraction of sp³-hybridized carbons (Fsp3) is 0.550. The van der Waals surface area contributed by atoms with Gasteiger partial charge in [0.2, 0.25) is 5.91 Å². The first-order valence-corrected chi connectivity index (χ1v) is 9.29. The molecular formula is C20H26N2O5. The summed E-state index contributed by atoms with van der Waals surface area (Å²) in [4.78, 5) is 40.9. The summed E-state index contributed by atoms with van der Waals surface area (Å²) in [5.74, 6) is -1.29. The Morgan fingerprint density at radius 3 is 2.59 bits per heavy atom. The lowest BCUT2D eigenvalue weighted by Gasteiger charge is -2.38. The van der Waals surface area contributed by atoms with Gasteiger partial charge >= 0.3 is 5.97 Å². The van der Waals surface area contributed by atoms with Crippen molar-refractivity contribution < 1.29 is 24.2 Å². The van der Waals surface area contributed by atoms with Gasteiger partial charge in [0.25, 0.3) is 5.91 Å². The van der Waals surface area contributed by atoms with Gasteiger partial charge in [-0.05, 0) is 38.3 Å². The van der Waals surface area contributed by atoms with E-state index in [-0.39, 0.29) is 24.3 Å². The summed E-state index contributed by atoms with van der Waals surface area (Å²) in [7, 11) is 1.57. The van der Waals surface area contributed by atoms with Gasteiger partial charge in [-0.2, -0.15) is 0 Å². The third-order valence-corrected chi connectivity index (χ3v) is 5.75. The highest BCUT2D eigenvalue weighted by molar-refractivity contribution is 5.99. The lowest BCUT2D eigenvalue weighted by Crippen LogP contribution is -2.57. The normalized spacial score (nSPS) is 27.8. The Morgan fingerprint density at radius 2 is 1.96 bits per heavy atom. The van der Waals surface area contributed by atoms with Crippen LogP contribution in [0.4, 0.5) is 0 Å². The van der Waals surface area contributed by atoms with Crippen molar-refractivity contribution in [1.82, 2.24) is 9.80 Å². The van der Waals surface area contributed by atoms with E-state index in [1.54, 1.807) is 48.1 Å². The maximum Gasteiger partial charge on any atom is 0.305 e. The van der Waals surface area contributed by atoms with E-state index in [2.05, 4.69) is 0 Å². The zero-order valence-corrected chi connectivity index (χ0v) is 15.8. The molecule has 146 valence electrons. The Morgan fingerprint density at radius 1 is 1.26 bits per heavy atom. The molecule has 2 amide bonds. The van der Waals surface area contributed by atoms with Crippen LogP contribution in [-0.2, 0) is 14.3 Å². The topological polar surface area (TPSA) is 87.2 Å². The summed E-state index contributed by atoms with van der Waals surface area (Å²) in [6, 6.07) is 8.53. The molecule has 1 aromatic carbocycles. The number of hydrogen-bond donors (Lipinski definition) is 1. The molecule has 2 aliphatic rings.